The standard InChI is InChI=1S/C4H16N6/c1-3(7,8)4(9,10)2(5)6/h2H,5-10H2,1H3. The Morgan fingerprint density at radius 3 is 1.30 bits per heavy atom. The smallest absolute Gasteiger partial charge is 0.124 e. The molecule has 62 valence electrons. The van der Waals surface area contributed by atoms with Crippen molar-refractivity contribution in [3.63, 3.8) is 0 Å². The third kappa shape index (κ3) is 1.63. The van der Waals surface area contributed by atoms with Gasteiger partial charge in [0.05, 0.1) is 11.8 Å². The predicted octanol–water partition coefficient (Wildman–Crippen LogP) is -3.52. The van der Waals surface area contributed by atoms with Gasteiger partial charge in [0.2, 0.25) is 0 Å². The summed E-state index contributed by atoms with van der Waals surface area (Å²) in [6.45, 7) is 1.46. The van der Waals surface area contributed by atoms with Crippen LogP contribution in [0.2, 0.25) is 0 Å². The monoisotopic (exact) mass is 148 g/mol. The van der Waals surface area contributed by atoms with E-state index in [-0.39, 0.29) is 0 Å². The summed E-state index contributed by atoms with van der Waals surface area (Å²) in [7, 11) is 0. The van der Waals surface area contributed by atoms with E-state index in [0.29, 0.717) is 0 Å². The van der Waals surface area contributed by atoms with Gasteiger partial charge in [0.1, 0.15) is 5.66 Å². The molecule has 0 aliphatic rings. The minimum Gasteiger partial charge on any atom is -0.313 e. The molecule has 0 saturated carbocycles. The molecule has 0 spiro atoms. The average Bonchev–Trinajstić information content (AvgIpc) is 1.62. The molecule has 0 aromatic heterocycles. The summed E-state index contributed by atoms with van der Waals surface area (Å²) in [6.07, 6.45) is -0.938. The van der Waals surface area contributed by atoms with Gasteiger partial charge < -0.3 is 34.4 Å². The highest BCUT2D eigenvalue weighted by Gasteiger charge is 2.39. The van der Waals surface area contributed by atoms with Gasteiger partial charge in [0.25, 0.3) is 0 Å². The summed E-state index contributed by atoms with van der Waals surface area (Å²) in [5, 5.41) is 0. The highest BCUT2D eigenvalue weighted by molar-refractivity contribution is 5.00. The lowest BCUT2D eigenvalue weighted by molar-refractivity contribution is 0.211. The number of nitrogens with two attached hydrogens (primary N) is 6. The zero-order chi connectivity index (χ0) is 8.58. The molecular formula is C4H16N6. The Labute approximate surface area is 59.9 Å². The van der Waals surface area contributed by atoms with E-state index in [4.69, 9.17) is 34.4 Å². The van der Waals surface area contributed by atoms with Gasteiger partial charge in [0.15, 0.2) is 0 Å². The van der Waals surface area contributed by atoms with Crippen LogP contribution in [-0.2, 0) is 0 Å². The Balaban J connectivity index is 4.40. The van der Waals surface area contributed by atoms with Crippen molar-refractivity contribution < 1.29 is 0 Å². The topological polar surface area (TPSA) is 156 Å². The van der Waals surface area contributed by atoms with Crippen LogP contribution in [0.4, 0.5) is 0 Å². The second-order valence-corrected chi connectivity index (χ2v) is 2.74. The van der Waals surface area contributed by atoms with Crippen LogP contribution in [0.1, 0.15) is 6.92 Å². The van der Waals surface area contributed by atoms with E-state index in [0.717, 1.165) is 0 Å². The molecule has 0 rings (SSSR count). The fourth-order valence-corrected chi connectivity index (χ4v) is 0.359. The predicted molar refractivity (Wildman–Crippen MR) is 40.0 cm³/mol. The molecule has 0 aliphatic carbocycles. The van der Waals surface area contributed by atoms with Gasteiger partial charge >= 0.3 is 0 Å². The van der Waals surface area contributed by atoms with Crippen LogP contribution in [0, 0.1) is 0 Å². The molecule has 6 nitrogen and oxygen atoms in total. The van der Waals surface area contributed by atoms with Gasteiger partial charge in [-0.25, -0.2) is 0 Å². The van der Waals surface area contributed by atoms with Gasteiger partial charge in [-0.05, 0) is 6.92 Å². The Morgan fingerprint density at radius 2 is 1.30 bits per heavy atom. The van der Waals surface area contributed by atoms with Crippen molar-refractivity contribution in [2.45, 2.75) is 24.4 Å². The molecule has 0 radical (unpaired) electrons. The highest BCUT2D eigenvalue weighted by atomic mass is 15.2. The lowest BCUT2D eigenvalue weighted by Gasteiger charge is -2.39. The Bertz CT molecular complexity index is 111. The van der Waals surface area contributed by atoms with Crippen molar-refractivity contribution in [3.8, 4) is 0 Å². The first-order valence-corrected chi connectivity index (χ1v) is 2.86. The quantitative estimate of drug-likeness (QED) is 0.223. The molecular weight excluding hydrogens is 132 g/mol. The Kier molecular flexibility index (Phi) is 2.36. The van der Waals surface area contributed by atoms with Gasteiger partial charge in [0, 0.05) is 0 Å². The molecule has 0 heterocycles. The highest BCUT2D eigenvalue weighted by Crippen LogP contribution is 2.04. The molecule has 0 amide bonds. The first-order valence-electron chi connectivity index (χ1n) is 2.86. The lowest BCUT2D eigenvalue weighted by Crippen LogP contribution is -2.82. The number of hydrogen-bond acceptors (Lipinski definition) is 6. The van der Waals surface area contributed by atoms with E-state index in [9.17, 15) is 0 Å². The number of rotatable bonds is 2. The molecule has 0 aromatic carbocycles. The van der Waals surface area contributed by atoms with Crippen LogP contribution in [0.5, 0.6) is 0 Å². The fraction of sp³-hybridized carbons (Fsp3) is 1.00. The Morgan fingerprint density at radius 1 is 1.00 bits per heavy atom. The SMILES string of the molecule is CC(N)(N)C(N)(N)C(N)N. The van der Waals surface area contributed by atoms with Crippen LogP contribution in [0.15, 0.2) is 0 Å². The van der Waals surface area contributed by atoms with Crippen LogP contribution >= 0.6 is 0 Å². The van der Waals surface area contributed by atoms with E-state index < -0.39 is 17.5 Å². The largest absolute Gasteiger partial charge is 0.313 e. The molecule has 0 fully saturated rings. The zero-order valence-electron chi connectivity index (χ0n) is 6.04. The lowest BCUT2D eigenvalue weighted by atomic mass is 9.95. The molecule has 0 aromatic rings. The molecule has 0 bridgehead atoms. The van der Waals surface area contributed by atoms with Gasteiger partial charge in [-0.1, -0.05) is 0 Å². The molecule has 6 heteroatoms. The van der Waals surface area contributed by atoms with E-state index in [1.165, 1.54) is 6.92 Å². The normalized spacial score (nSPS) is 14.4. The van der Waals surface area contributed by atoms with E-state index in [2.05, 4.69) is 0 Å². The maximum Gasteiger partial charge on any atom is 0.124 e. The summed E-state index contributed by atoms with van der Waals surface area (Å²) >= 11 is 0. The summed E-state index contributed by atoms with van der Waals surface area (Å²) in [5.41, 5.74) is 29.3. The second-order valence-electron chi connectivity index (χ2n) is 2.74. The second kappa shape index (κ2) is 2.42. The molecule has 0 unspecified atom stereocenters. The van der Waals surface area contributed by atoms with E-state index in [1.54, 1.807) is 0 Å². The van der Waals surface area contributed by atoms with E-state index >= 15 is 0 Å². The maximum atomic E-state index is 5.41. The maximum absolute atomic E-state index is 5.41. The van der Waals surface area contributed by atoms with Crippen LogP contribution in [0.25, 0.3) is 0 Å². The van der Waals surface area contributed by atoms with Gasteiger partial charge in [-0.15, -0.1) is 0 Å². The first-order chi connectivity index (χ1) is 4.19. The fourth-order valence-electron chi connectivity index (χ4n) is 0.359. The van der Waals surface area contributed by atoms with Crippen molar-refractivity contribution in [2.75, 3.05) is 0 Å². The molecule has 0 saturated heterocycles. The van der Waals surface area contributed by atoms with Crippen molar-refractivity contribution >= 4 is 0 Å². The summed E-state index contributed by atoms with van der Waals surface area (Å²) < 4.78 is 0. The Hall–Kier alpha value is -0.240. The third-order valence-electron chi connectivity index (χ3n) is 1.48. The van der Waals surface area contributed by atoms with Crippen molar-refractivity contribution in [1.29, 1.82) is 0 Å². The summed E-state index contributed by atoms with van der Waals surface area (Å²) in [5.74, 6) is 0. The minimum absolute atomic E-state index is 0.938. The average molecular weight is 148 g/mol. The van der Waals surface area contributed by atoms with Gasteiger partial charge in [-0.2, -0.15) is 0 Å². The summed E-state index contributed by atoms with van der Waals surface area (Å²) in [6, 6.07) is 0. The van der Waals surface area contributed by atoms with Crippen LogP contribution in [0.3, 0.4) is 0 Å². The van der Waals surface area contributed by atoms with Crippen molar-refractivity contribution in [1.82, 2.24) is 0 Å². The zero-order valence-corrected chi connectivity index (χ0v) is 6.04. The minimum atomic E-state index is -1.45. The van der Waals surface area contributed by atoms with Crippen molar-refractivity contribution in [2.24, 2.45) is 34.4 Å². The molecule has 0 atom stereocenters. The summed E-state index contributed by atoms with van der Waals surface area (Å²) in [4.78, 5) is 0. The third-order valence-corrected chi connectivity index (χ3v) is 1.48. The van der Waals surface area contributed by atoms with E-state index in [1.807, 2.05) is 0 Å². The molecule has 10 heavy (non-hydrogen) atoms. The molecule has 0 aliphatic heterocycles. The first kappa shape index (κ1) is 9.76. The van der Waals surface area contributed by atoms with Gasteiger partial charge in [-0.3, -0.25) is 0 Å². The molecule has 12 N–H and O–H groups in total. The van der Waals surface area contributed by atoms with Crippen LogP contribution in [-0.4, -0.2) is 17.5 Å². The van der Waals surface area contributed by atoms with Crippen LogP contribution < -0.4 is 34.4 Å². The van der Waals surface area contributed by atoms with Crippen molar-refractivity contribution in [3.05, 3.63) is 0 Å². The number of hydrogen-bond donors (Lipinski definition) is 6.